The first-order valence-electron chi connectivity index (χ1n) is 12.9. The van der Waals surface area contributed by atoms with Crippen LogP contribution in [0.15, 0.2) is 0 Å². The van der Waals surface area contributed by atoms with Gasteiger partial charge in [-0.05, 0) is 38.5 Å². The molecule has 1 rings (SSSR count). The van der Waals surface area contributed by atoms with E-state index >= 15 is 0 Å². The van der Waals surface area contributed by atoms with E-state index in [0.717, 1.165) is 0 Å². The first kappa shape index (κ1) is 31.1. The average Bonchev–Trinajstić information content (AvgIpc) is 3.04. The summed E-state index contributed by atoms with van der Waals surface area (Å²) in [4.78, 5) is 62.2. The van der Waals surface area contributed by atoms with Crippen molar-refractivity contribution < 1.29 is 29.1 Å². The molecule has 12 nitrogen and oxygen atoms in total. The number of nitrogens with two attached hydrogens (primary N) is 1. The lowest BCUT2D eigenvalue weighted by molar-refractivity contribution is -0.135. The fourth-order valence-corrected chi connectivity index (χ4v) is 4.10. The van der Waals surface area contributed by atoms with Crippen LogP contribution in [-0.2, 0) is 19.2 Å². The van der Waals surface area contributed by atoms with Crippen molar-refractivity contribution in [1.29, 1.82) is 0 Å². The number of aliphatic hydroxyl groups excluding tert-OH is 1. The number of likely N-dealkylation sites (N-methyl/N-ethyl adjacent to an activating group) is 1. The molecule has 36 heavy (non-hydrogen) atoms. The maximum Gasteiger partial charge on any atom is 0.312 e. The van der Waals surface area contributed by atoms with Gasteiger partial charge in [0.05, 0.1) is 0 Å². The van der Waals surface area contributed by atoms with E-state index < -0.39 is 30.2 Å². The molecule has 206 valence electrons. The van der Waals surface area contributed by atoms with Gasteiger partial charge in [0.25, 0.3) is 0 Å². The summed E-state index contributed by atoms with van der Waals surface area (Å²) in [6.45, 7) is 8.32. The molecule has 6 amide bonds. The third-order valence-corrected chi connectivity index (χ3v) is 6.15. The molecule has 1 fully saturated rings. The molecule has 0 radical (unpaired) electrons. The number of aliphatic hydroxyl groups is 1. The van der Waals surface area contributed by atoms with Gasteiger partial charge in [0.2, 0.25) is 23.6 Å². The van der Waals surface area contributed by atoms with E-state index in [2.05, 4.69) is 21.3 Å². The summed E-state index contributed by atoms with van der Waals surface area (Å²) in [5.74, 6) is -1.46. The zero-order valence-corrected chi connectivity index (χ0v) is 22.0. The number of likely N-dealkylation sites (tertiary alicyclic amines) is 1. The maximum absolute atomic E-state index is 12.9. The molecular formula is C24H44N6O6. The van der Waals surface area contributed by atoms with Crippen molar-refractivity contribution in [2.75, 3.05) is 19.6 Å². The standard InChI is InChI=1S/C24H44N6O6/c1-5-26-21(33)17(10-9-12-27-24(25)36)28-22(34)20(15(2)3)29-18(31)11-7-6-8-13-30-19(32)14-16(4)23(30)35/h15-17,19-20,32H,5-14H2,1-4H3,(H,26,33)(H,28,34)(H,29,31)(H3,25,27,36). The first-order chi connectivity index (χ1) is 17.0. The minimum Gasteiger partial charge on any atom is -0.374 e. The Morgan fingerprint density at radius 2 is 1.75 bits per heavy atom. The molecule has 4 unspecified atom stereocenters. The molecule has 0 aromatic rings. The molecule has 4 atom stereocenters. The fourth-order valence-electron chi connectivity index (χ4n) is 4.10. The van der Waals surface area contributed by atoms with Gasteiger partial charge in [-0.1, -0.05) is 27.2 Å². The van der Waals surface area contributed by atoms with E-state index in [-0.39, 0.29) is 42.5 Å². The lowest BCUT2D eigenvalue weighted by Gasteiger charge is -2.25. The Morgan fingerprint density at radius 3 is 2.31 bits per heavy atom. The lowest BCUT2D eigenvalue weighted by Crippen LogP contribution is -2.55. The Balaban J connectivity index is 2.51. The van der Waals surface area contributed by atoms with Crippen LogP contribution in [0.4, 0.5) is 4.79 Å². The van der Waals surface area contributed by atoms with Crippen LogP contribution >= 0.6 is 0 Å². The fraction of sp³-hybridized carbons (Fsp3) is 0.792. The predicted octanol–water partition coefficient (Wildman–Crippen LogP) is -0.0562. The lowest BCUT2D eigenvalue weighted by atomic mass is 10.0. The average molecular weight is 513 g/mol. The van der Waals surface area contributed by atoms with Gasteiger partial charge in [0, 0.05) is 38.4 Å². The highest BCUT2D eigenvalue weighted by Gasteiger charge is 2.35. The van der Waals surface area contributed by atoms with Crippen LogP contribution in [0.5, 0.6) is 0 Å². The minimum atomic E-state index is -0.809. The van der Waals surface area contributed by atoms with Gasteiger partial charge in [-0.15, -0.1) is 0 Å². The largest absolute Gasteiger partial charge is 0.374 e. The van der Waals surface area contributed by atoms with Crippen molar-refractivity contribution in [2.45, 2.75) is 91.0 Å². The Morgan fingerprint density at radius 1 is 1.06 bits per heavy atom. The van der Waals surface area contributed by atoms with E-state index in [9.17, 15) is 29.1 Å². The predicted molar refractivity (Wildman–Crippen MR) is 134 cm³/mol. The number of nitrogens with zero attached hydrogens (tertiary/aromatic N) is 1. The number of unbranched alkanes of at least 4 members (excludes halogenated alkanes) is 2. The number of primary amides is 1. The number of rotatable bonds is 16. The summed E-state index contributed by atoms with van der Waals surface area (Å²) in [5.41, 5.74) is 5.05. The normalized spacial score (nSPS) is 19.1. The van der Waals surface area contributed by atoms with Gasteiger partial charge in [0.1, 0.15) is 18.3 Å². The highest BCUT2D eigenvalue weighted by atomic mass is 16.3. The monoisotopic (exact) mass is 512 g/mol. The number of hydrogen-bond donors (Lipinski definition) is 6. The minimum absolute atomic E-state index is 0.0407. The molecule has 0 aromatic carbocycles. The molecule has 0 saturated carbocycles. The van der Waals surface area contributed by atoms with E-state index in [0.29, 0.717) is 51.6 Å². The van der Waals surface area contributed by atoms with Crippen LogP contribution in [0.25, 0.3) is 0 Å². The SMILES string of the molecule is CCNC(=O)C(CCCNC(N)=O)NC(=O)C(NC(=O)CCCCCN1C(=O)C(C)CC1O)C(C)C. The molecule has 7 N–H and O–H groups in total. The van der Waals surface area contributed by atoms with Gasteiger partial charge in [0.15, 0.2) is 0 Å². The molecule has 0 spiro atoms. The number of nitrogens with one attached hydrogen (secondary N) is 4. The van der Waals surface area contributed by atoms with Crippen molar-refractivity contribution in [3.63, 3.8) is 0 Å². The smallest absolute Gasteiger partial charge is 0.312 e. The molecular weight excluding hydrogens is 468 g/mol. The molecule has 0 aliphatic carbocycles. The van der Waals surface area contributed by atoms with Crippen LogP contribution in [0.2, 0.25) is 0 Å². The summed E-state index contributed by atoms with van der Waals surface area (Å²) in [6.07, 6.45) is 2.63. The Bertz CT molecular complexity index is 761. The van der Waals surface area contributed by atoms with Crippen LogP contribution < -0.4 is 27.0 Å². The second-order valence-corrected chi connectivity index (χ2v) is 9.64. The molecule has 12 heteroatoms. The number of carbonyl (C=O) groups is 5. The van der Waals surface area contributed by atoms with Gasteiger partial charge < -0.3 is 37.0 Å². The van der Waals surface area contributed by atoms with Crippen LogP contribution in [-0.4, -0.2) is 77.6 Å². The van der Waals surface area contributed by atoms with Gasteiger partial charge >= 0.3 is 6.03 Å². The van der Waals surface area contributed by atoms with Gasteiger partial charge in [-0.25, -0.2) is 4.79 Å². The maximum atomic E-state index is 12.9. The van der Waals surface area contributed by atoms with Crippen LogP contribution in [0.3, 0.4) is 0 Å². The number of carbonyl (C=O) groups excluding carboxylic acids is 5. The quantitative estimate of drug-likeness (QED) is 0.157. The number of hydrogen-bond acceptors (Lipinski definition) is 6. The second-order valence-electron chi connectivity index (χ2n) is 9.64. The van der Waals surface area contributed by atoms with Gasteiger partial charge in [-0.2, -0.15) is 0 Å². The van der Waals surface area contributed by atoms with Crippen molar-refractivity contribution in [2.24, 2.45) is 17.6 Å². The molecule has 1 aliphatic heterocycles. The highest BCUT2D eigenvalue weighted by molar-refractivity contribution is 5.92. The van der Waals surface area contributed by atoms with Gasteiger partial charge in [-0.3, -0.25) is 19.2 Å². The first-order valence-corrected chi connectivity index (χ1v) is 12.9. The Hall–Kier alpha value is -2.89. The molecule has 1 saturated heterocycles. The summed E-state index contributed by atoms with van der Waals surface area (Å²) in [6, 6.07) is -2.28. The van der Waals surface area contributed by atoms with E-state index in [4.69, 9.17) is 5.73 Å². The number of urea groups is 1. The Kier molecular flexibility index (Phi) is 13.8. The molecule has 1 aliphatic rings. The van der Waals surface area contributed by atoms with E-state index in [1.165, 1.54) is 4.90 Å². The van der Waals surface area contributed by atoms with Crippen molar-refractivity contribution in [3.8, 4) is 0 Å². The zero-order chi connectivity index (χ0) is 27.3. The second kappa shape index (κ2) is 16.0. The summed E-state index contributed by atoms with van der Waals surface area (Å²) in [7, 11) is 0. The van der Waals surface area contributed by atoms with Crippen molar-refractivity contribution >= 4 is 29.7 Å². The highest BCUT2D eigenvalue weighted by Crippen LogP contribution is 2.23. The van der Waals surface area contributed by atoms with Crippen molar-refractivity contribution in [3.05, 3.63) is 0 Å². The molecule has 0 bridgehead atoms. The summed E-state index contributed by atoms with van der Waals surface area (Å²) in [5, 5.41) is 20.6. The third-order valence-electron chi connectivity index (χ3n) is 6.15. The Labute approximate surface area is 213 Å². The van der Waals surface area contributed by atoms with Crippen LogP contribution in [0, 0.1) is 11.8 Å². The number of amides is 6. The summed E-state index contributed by atoms with van der Waals surface area (Å²) < 4.78 is 0. The topological polar surface area (TPSA) is 183 Å². The molecule has 1 heterocycles. The van der Waals surface area contributed by atoms with E-state index in [1.54, 1.807) is 13.8 Å². The third kappa shape index (κ3) is 10.8. The molecule has 0 aromatic heterocycles. The van der Waals surface area contributed by atoms with Crippen molar-refractivity contribution in [1.82, 2.24) is 26.2 Å². The van der Waals surface area contributed by atoms with Crippen LogP contribution in [0.1, 0.15) is 72.6 Å². The summed E-state index contributed by atoms with van der Waals surface area (Å²) >= 11 is 0. The van der Waals surface area contributed by atoms with E-state index in [1.807, 2.05) is 13.8 Å². The zero-order valence-electron chi connectivity index (χ0n) is 22.0.